The van der Waals surface area contributed by atoms with Gasteiger partial charge in [-0.1, -0.05) is 6.07 Å². The van der Waals surface area contributed by atoms with Crippen LogP contribution in [0.5, 0.6) is 0 Å². The lowest BCUT2D eigenvalue weighted by Gasteiger charge is -2.33. The van der Waals surface area contributed by atoms with E-state index in [1.807, 2.05) is 4.90 Å². The number of hydrogen-bond donors (Lipinski definition) is 0. The largest absolute Gasteiger partial charge is 0.466 e. The second-order valence-electron chi connectivity index (χ2n) is 4.94. The van der Waals surface area contributed by atoms with Crippen molar-refractivity contribution in [3.63, 3.8) is 0 Å². The Hall–Kier alpha value is -2.53. The van der Waals surface area contributed by atoms with Gasteiger partial charge in [-0.2, -0.15) is 10.5 Å². The van der Waals surface area contributed by atoms with Crippen molar-refractivity contribution in [1.82, 2.24) is 0 Å². The van der Waals surface area contributed by atoms with Gasteiger partial charge in [0.2, 0.25) is 0 Å². The molecular formula is C16H17N3O2. The zero-order valence-electron chi connectivity index (χ0n) is 12.0. The maximum Gasteiger partial charge on any atom is 0.309 e. The molecule has 0 unspecified atom stereocenters. The van der Waals surface area contributed by atoms with Gasteiger partial charge in [0.25, 0.3) is 0 Å². The van der Waals surface area contributed by atoms with Crippen LogP contribution in [0.1, 0.15) is 30.9 Å². The molecule has 0 aliphatic carbocycles. The fourth-order valence-electron chi connectivity index (χ4n) is 2.66. The molecular weight excluding hydrogens is 266 g/mol. The lowest BCUT2D eigenvalue weighted by molar-refractivity contribution is -0.148. The van der Waals surface area contributed by atoms with Crippen LogP contribution in [0.4, 0.5) is 5.69 Å². The van der Waals surface area contributed by atoms with Crippen molar-refractivity contribution in [3.05, 3.63) is 29.3 Å². The molecule has 0 aromatic heterocycles. The zero-order valence-corrected chi connectivity index (χ0v) is 12.0. The van der Waals surface area contributed by atoms with Crippen LogP contribution in [0.3, 0.4) is 0 Å². The minimum Gasteiger partial charge on any atom is -0.466 e. The molecule has 1 fully saturated rings. The third kappa shape index (κ3) is 3.14. The van der Waals surface area contributed by atoms with Crippen LogP contribution in [-0.4, -0.2) is 25.7 Å². The lowest BCUT2D eigenvalue weighted by atomic mass is 9.95. The van der Waals surface area contributed by atoms with Gasteiger partial charge in [-0.3, -0.25) is 4.79 Å². The molecule has 1 aliphatic rings. The van der Waals surface area contributed by atoms with Crippen LogP contribution in [0.25, 0.3) is 0 Å². The molecule has 2 rings (SSSR count). The van der Waals surface area contributed by atoms with Crippen LogP contribution in [0.15, 0.2) is 18.2 Å². The van der Waals surface area contributed by atoms with E-state index in [0.29, 0.717) is 49.4 Å². The summed E-state index contributed by atoms with van der Waals surface area (Å²) in [5.74, 6) is -0.229. The maximum atomic E-state index is 11.7. The summed E-state index contributed by atoms with van der Waals surface area (Å²) in [5, 5.41) is 18.4. The first-order valence-corrected chi connectivity index (χ1v) is 7.06. The fourth-order valence-corrected chi connectivity index (χ4v) is 2.66. The van der Waals surface area contributed by atoms with Crippen LogP contribution in [-0.2, 0) is 9.53 Å². The Kier molecular flexibility index (Phi) is 4.79. The highest BCUT2D eigenvalue weighted by Crippen LogP contribution is 2.29. The molecule has 1 heterocycles. The first kappa shape index (κ1) is 14.9. The smallest absolute Gasteiger partial charge is 0.309 e. The van der Waals surface area contributed by atoms with Gasteiger partial charge in [0, 0.05) is 13.1 Å². The van der Waals surface area contributed by atoms with Crippen molar-refractivity contribution < 1.29 is 9.53 Å². The van der Waals surface area contributed by atoms with Gasteiger partial charge >= 0.3 is 5.97 Å². The lowest BCUT2D eigenvalue weighted by Crippen LogP contribution is -2.37. The average molecular weight is 283 g/mol. The fraction of sp³-hybridized carbons (Fsp3) is 0.438. The third-order valence-electron chi connectivity index (χ3n) is 3.71. The Labute approximate surface area is 124 Å². The summed E-state index contributed by atoms with van der Waals surface area (Å²) < 4.78 is 5.05. The van der Waals surface area contributed by atoms with Crippen molar-refractivity contribution in [3.8, 4) is 12.1 Å². The summed E-state index contributed by atoms with van der Waals surface area (Å²) in [6, 6.07) is 9.42. The van der Waals surface area contributed by atoms with Gasteiger partial charge < -0.3 is 9.64 Å². The van der Waals surface area contributed by atoms with E-state index >= 15 is 0 Å². The molecule has 0 radical (unpaired) electrons. The first-order chi connectivity index (χ1) is 10.2. The number of carbonyl (C=O) groups excluding carboxylic acids is 1. The number of rotatable bonds is 3. The highest BCUT2D eigenvalue weighted by Gasteiger charge is 2.28. The number of ether oxygens (including phenoxy) is 1. The summed E-state index contributed by atoms with van der Waals surface area (Å²) in [4.78, 5) is 13.8. The molecule has 5 heteroatoms. The average Bonchev–Trinajstić information content (AvgIpc) is 2.54. The molecule has 0 spiro atoms. The maximum absolute atomic E-state index is 11.7. The van der Waals surface area contributed by atoms with Gasteiger partial charge in [-0.15, -0.1) is 0 Å². The number of anilines is 1. The molecule has 21 heavy (non-hydrogen) atoms. The van der Waals surface area contributed by atoms with Crippen LogP contribution in [0.2, 0.25) is 0 Å². The van der Waals surface area contributed by atoms with Crippen molar-refractivity contribution in [2.75, 3.05) is 24.6 Å². The standard InChI is InChI=1S/C16H17N3O2/c1-2-21-16(20)12-6-8-19(9-7-12)15-13(10-17)4-3-5-14(15)11-18/h3-5,12H,2,6-9H2,1H3. The van der Waals surface area contributed by atoms with Crippen LogP contribution < -0.4 is 4.90 Å². The Balaban J connectivity index is 2.15. The highest BCUT2D eigenvalue weighted by atomic mass is 16.5. The van der Waals surface area contributed by atoms with Crippen molar-refractivity contribution in [1.29, 1.82) is 10.5 Å². The minimum atomic E-state index is -0.147. The molecule has 0 N–H and O–H groups in total. The monoisotopic (exact) mass is 283 g/mol. The first-order valence-electron chi connectivity index (χ1n) is 7.06. The van der Waals surface area contributed by atoms with E-state index in [1.54, 1.807) is 25.1 Å². The third-order valence-corrected chi connectivity index (χ3v) is 3.71. The van der Waals surface area contributed by atoms with Gasteiger partial charge in [0.15, 0.2) is 0 Å². The number of para-hydroxylation sites is 1. The molecule has 5 nitrogen and oxygen atoms in total. The topological polar surface area (TPSA) is 77.1 Å². The Morgan fingerprint density at radius 3 is 2.33 bits per heavy atom. The van der Waals surface area contributed by atoms with Gasteiger partial charge in [0.1, 0.15) is 12.1 Å². The summed E-state index contributed by atoms with van der Waals surface area (Å²) in [7, 11) is 0. The Morgan fingerprint density at radius 1 is 1.29 bits per heavy atom. The molecule has 0 saturated carbocycles. The van der Waals surface area contributed by atoms with E-state index in [0.717, 1.165) is 0 Å². The molecule has 0 amide bonds. The Bertz CT molecular complexity index is 573. The molecule has 1 aromatic carbocycles. The van der Waals surface area contributed by atoms with E-state index in [-0.39, 0.29) is 11.9 Å². The highest BCUT2D eigenvalue weighted by molar-refractivity contribution is 5.73. The Morgan fingerprint density at radius 2 is 1.86 bits per heavy atom. The summed E-state index contributed by atoms with van der Waals surface area (Å²) in [6.07, 6.45) is 1.37. The molecule has 0 atom stereocenters. The predicted octanol–water partition coefficient (Wildman–Crippen LogP) is 2.21. The second kappa shape index (κ2) is 6.76. The van der Waals surface area contributed by atoms with Crippen molar-refractivity contribution in [2.45, 2.75) is 19.8 Å². The van der Waals surface area contributed by atoms with E-state index in [2.05, 4.69) is 12.1 Å². The summed E-state index contributed by atoms with van der Waals surface area (Å²) >= 11 is 0. The van der Waals surface area contributed by atoms with E-state index < -0.39 is 0 Å². The van der Waals surface area contributed by atoms with E-state index in [4.69, 9.17) is 4.74 Å². The van der Waals surface area contributed by atoms with Crippen molar-refractivity contribution >= 4 is 11.7 Å². The quantitative estimate of drug-likeness (QED) is 0.795. The minimum absolute atomic E-state index is 0.0824. The molecule has 1 saturated heterocycles. The van der Waals surface area contributed by atoms with Crippen LogP contribution >= 0.6 is 0 Å². The van der Waals surface area contributed by atoms with Crippen molar-refractivity contribution in [2.24, 2.45) is 5.92 Å². The van der Waals surface area contributed by atoms with Crippen LogP contribution in [0, 0.1) is 28.6 Å². The summed E-state index contributed by atoms with van der Waals surface area (Å²) in [6.45, 7) is 3.50. The number of piperidine rings is 1. The number of benzene rings is 1. The molecule has 108 valence electrons. The predicted molar refractivity (Wildman–Crippen MR) is 77.4 cm³/mol. The van der Waals surface area contributed by atoms with E-state index in [9.17, 15) is 15.3 Å². The second-order valence-corrected chi connectivity index (χ2v) is 4.94. The van der Waals surface area contributed by atoms with Gasteiger partial charge in [-0.25, -0.2) is 0 Å². The number of nitriles is 2. The zero-order chi connectivity index (χ0) is 15.2. The van der Waals surface area contributed by atoms with Gasteiger partial charge in [0.05, 0.1) is 29.3 Å². The molecule has 1 aliphatic heterocycles. The number of nitrogens with zero attached hydrogens (tertiary/aromatic N) is 3. The number of esters is 1. The normalized spacial score (nSPS) is 15.1. The molecule has 1 aromatic rings. The molecule has 0 bridgehead atoms. The SMILES string of the molecule is CCOC(=O)C1CCN(c2c(C#N)cccc2C#N)CC1. The number of carbonyl (C=O) groups is 1. The summed E-state index contributed by atoms with van der Waals surface area (Å²) in [5.41, 5.74) is 1.69. The van der Waals surface area contributed by atoms with E-state index in [1.165, 1.54) is 0 Å². The number of hydrogen-bond acceptors (Lipinski definition) is 5. The van der Waals surface area contributed by atoms with Gasteiger partial charge in [-0.05, 0) is 31.9 Å².